The van der Waals surface area contributed by atoms with Gasteiger partial charge < -0.3 is 33.6 Å². The number of aliphatic hydroxyl groups excluding tert-OH is 1. The SMILES string of the molecule is COC(C)(O)C(C)(OC)O[C@H]1CC(O[Si](C)(C)C(C)(C)C)OC[C@H]1O. The Morgan fingerprint density at radius 2 is 1.60 bits per heavy atom. The third kappa shape index (κ3) is 5.23. The van der Waals surface area contributed by atoms with Crippen molar-refractivity contribution in [2.75, 3.05) is 20.8 Å². The van der Waals surface area contributed by atoms with Crippen molar-refractivity contribution < 1.29 is 33.6 Å². The molecule has 0 radical (unpaired) electrons. The molecule has 0 aliphatic carbocycles. The van der Waals surface area contributed by atoms with Crippen molar-refractivity contribution in [2.45, 2.75) is 89.2 Å². The second-order valence-electron chi connectivity index (χ2n) is 8.44. The van der Waals surface area contributed by atoms with Crippen LogP contribution in [-0.2, 0) is 23.4 Å². The normalized spacial score (nSPS) is 30.6. The quantitative estimate of drug-likeness (QED) is 0.517. The molecule has 25 heavy (non-hydrogen) atoms. The Morgan fingerprint density at radius 3 is 2.04 bits per heavy atom. The minimum Gasteiger partial charge on any atom is -0.392 e. The van der Waals surface area contributed by atoms with Crippen LogP contribution in [0.15, 0.2) is 0 Å². The summed E-state index contributed by atoms with van der Waals surface area (Å²) in [6.45, 7) is 13.9. The van der Waals surface area contributed by atoms with Crippen molar-refractivity contribution in [3.8, 4) is 0 Å². The highest BCUT2D eigenvalue weighted by molar-refractivity contribution is 6.74. The molecule has 0 bridgehead atoms. The molecule has 0 aromatic heterocycles. The van der Waals surface area contributed by atoms with E-state index in [0.29, 0.717) is 6.42 Å². The molecule has 2 N–H and O–H groups in total. The van der Waals surface area contributed by atoms with Gasteiger partial charge in [-0.05, 0) is 32.0 Å². The summed E-state index contributed by atoms with van der Waals surface area (Å²) in [6.07, 6.45) is -1.59. The molecule has 1 aliphatic heterocycles. The van der Waals surface area contributed by atoms with E-state index < -0.39 is 38.4 Å². The van der Waals surface area contributed by atoms with Crippen LogP contribution in [0.5, 0.6) is 0 Å². The smallest absolute Gasteiger partial charge is 0.220 e. The first kappa shape index (κ1) is 23.0. The van der Waals surface area contributed by atoms with Crippen molar-refractivity contribution >= 4 is 8.32 Å². The lowest BCUT2D eigenvalue weighted by Gasteiger charge is -2.46. The zero-order valence-electron chi connectivity index (χ0n) is 17.1. The molecule has 3 unspecified atom stereocenters. The third-order valence-electron chi connectivity index (χ3n) is 5.54. The van der Waals surface area contributed by atoms with Crippen LogP contribution in [-0.4, -0.2) is 69.4 Å². The molecule has 7 nitrogen and oxygen atoms in total. The third-order valence-corrected chi connectivity index (χ3v) is 10.0. The van der Waals surface area contributed by atoms with Gasteiger partial charge in [-0.25, -0.2) is 0 Å². The topological polar surface area (TPSA) is 86.6 Å². The molecule has 150 valence electrons. The molecule has 0 spiro atoms. The van der Waals surface area contributed by atoms with Gasteiger partial charge in [0, 0.05) is 20.6 Å². The molecule has 8 heteroatoms. The lowest BCUT2D eigenvalue weighted by molar-refractivity contribution is -0.394. The zero-order valence-corrected chi connectivity index (χ0v) is 18.1. The molecular weight excluding hydrogens is 344 g/mol. The van der Waals surface area contributed by atoms with Crippen LogP contribution >= 0.6 is 0 Å². The fourth-order valence-electron chi connectivity index (χ4n) is 2.26. The Hall–Kier alpha value is -0.0631. The van der Waals surface area contributed by atoms with E-state index in [-0.39, 0.29) is 11.6 Å². The molecule has 1 heterocycles. The summed E-state index contributed by atoms with van der Waals surface area (Å²) in [5.74, 6) is -3.14. The first-order valence-electron chi connectivity index (χ1n) is 8.67. The lowest BCUT2D eigenvalue weighted by Crippen LogP contribution is -2.59. The summed E-state index contributed by atoms with van der Waals surface area (Å²) in [5, 5.41) is 20.7. The molecule has 0 aromatic rings. The van der Waals surface area contributed by atoms with Gasteiger partial charge in [-0.1, -0.05) is 20.8 Å². The monoisotopic (exact) mass is 380 g/mol. The molecule has 5 atom stereocenters. The summed E-state index contributed by atoms with van der Waals surface area (Å²) in [7, 11) is 0.763. The molecule has 1 aliphatic rings. The molecule has 0 amide bonds. The Bertz CT molecular complexity index is 435. The van der Waals surface area contributed by atoms with Crippen LogP contribution in [0, 0.1) is 0 Å². The van der Waals surface area contributed by atoms with E-state index in [2.05, 4.69) is 33.9 Å². The van der Waals surface area contributed by atoms with Crippen molar-refractivity contribution in [2.24, 2.45) is 0 Å². The highest BCUT2D eigenvalue weighted by Gasteiger charge is 2.50. The molecular formula is C17H36O7Si. The van der Waals surface area contributed by atoms with Crippen LogP contribution in [0.4, 0.5) is 0 Å². The van der Waals surface area contributed by atoms with E-state index in [1.54, 1.807) is 6.92 Å². The van der Waals surface area contributed by atoms with Crippen LogP contribution in [0.2, 0.25) is 18.1 Å². The Balaban J connectivity index is 2.87. The molecule has 1 fully saturated rings. The van der Waals surface area contributed by atoms with Gasteiger partial charge in [0.1, 0.15) is 12.4 Å². The average Bonchev–Trinajstić information content (AvgIpc) is 2.48. The Labute approximate surface area is 152 Å². The standard InChI is InChI=1S/C17H36O7Si/c1-15(2,3)25(8,9)24-14-10-13(12(18)11-22-14)23-17(5,21-7)16(4,19)20-6/h12-14,18-19H,10-11H2,1-9H3/t12-,13+,14?,16?,17?/m1/s1. The van der Waals surface area contributed by atoms with E-state index in [0.717, 1.165) is 0 Å². The molecule has 1 saturated heterocycles. The summed E-state index contributed by atoms with van der Waals surface area (Å²) >= 11 is 0. The maximum absolute atomic E-state index is 10.4. The highest BCUT2D eigenvalue weighted by atomic mass is 28.4. The number of aliphatic hydroxyl groups is 2. The minimum atomic E-state index is -2.02. The van der Waals surface area contributed by atoms with Crippen molar-refractivity contribution in [1.82, 2.24) is 0 Å². The van der Waals surface area contributed by atoms with Crippen LogP contribution in [0.1, 0.15) is 41.0 Å². The molecule has 1 rings (SSSR count). The fraction of sp³-hybridized carbons (Fsp3) is 1.00. The van der Waals surface area contributed by atoms with E-state index in [4.69, 9.17) is 23.4 Å². The van der Waals surface area contributed by atoms with Gasteiger partial charge in [-0.2, -0.15) is 0 Å². The van der Waals surface area contributed by atoms with E-state index >= 15 is 0 Å². The first-order chi connectivity index (χ1) is 11.2. The largest absolute Gasteiger partial charge is 0.392 e. The highest BCUT2D eigenvalue weighted by Crippen LogP contribution is 2.39. The Morgan fingerprint density at radius 1 is 1.04 bits per heavy atom. The predicted octanol–water partition coefficient (Wildman–Crippen LogP) is 2.22. The summed E-state index contributed by atoms with van der Waals surface area (Å²) in [6, 6.07) is 0. The fourth-order valence-corrected chi connectivity index (χ4v) is 3.44. The van der Waals surface area contributed by atoms with Crippen molar-refractivity contribution in [1.29, 1.82) is 0 Å². The second kappa shape index (κ2) is 7.90. The number of hydrogen-bond donors (Lipinski definition) is 2. The number of ether oxygens (including phenoxy) is 4. The minimum absolute atomic E-state index is 0.0452. The molecule has 0 saturated carbocycles. The average molecular weight is 381 g/mol. The van der Waals surface area contributed by atoms with Gasteiger partial charge in [-0.15, -0.1) is 0 Å². The Kier molecular flexibility index (Phi) is 7.26. The summed E-state index contributed by atoms with van der Waals surface area (Å²) in [4.78, 5) is 0. The van der Waals surface area contributed by atoms with Gasteiger partial charge in [0.15, 0.2) is 8.32 Å². The van der Waals surface area contributed by atoms with Gasteiger partial charge in [0.2, 0.25) is 11.6 Å². The molecule has 0 aromatic carbocycles. The van der Waals surface area contributed by atoms with Crippen LogP contribution in [0.3, 0.4) is 0 Å². The maximum Gasteiger partial charge on any atom is 0.220 e. The summed E-state index contributed by atoms with van der Waals surface area (Å²) in [5.41, 5.74) is 0. The van der Waals surface area contributed by atoms with Gasteiger partial charge in [0.05, 0.1) is 12.7 Å². The van der Waals surface area contributed by atoms with E-state index in [9.17, 15) is 10.2 Å². The van der Waals surface area contributed by atoms with Crippen molar-refractivity contribution in [3.63, 3.8) is 0 Å². The number of rotatable bonds is 7. The van der Waals surface area contributed by atoms with E-state index in [1.807, 2.05) is 0 Å². The number of methoxy groups -OCH3 is 2. The van der Waals surface area contributed by atoms with Gasteiger partial charge >= 0.3 is 0 Å². The van der Waals surface area contributed by atoms with Gasteiger partial charge in [-0.3, -0.25) is 0 Å². The van der Waals surface area contributed by atoms with Crippen LogP contribution < -0.4 is 0 Å². The van der Waals surface area contributed by atoms with Gasteiger partial charge in [0.25, 0.3) is 0 Å². The first-order valence-corrected chi connectivity index (χ1v) is 11.6. The number of hydrogen-bond acceptors (Lipinski definition) is 7. The summed E-state index contributed by atoms with van der Waals surface area (Å²) < 4.78 is 28.3. The van der Waals surface area contributed by atoms with Crippen molar-refractivity contribution in [3.05, 3.63) is 0 Å². The predicted molar refractivity (Wildman–Crippen MR) is 96.6 cm³/mol. The second-order valence-corrected chi connectivity index (χ2v) is 13.2. The lowest BCUT2D eigenvalue weighted by atomic mass is 10.1. The maximum atomic E-state index is 10.4. The zero-order chi connectivity index (χ0) is 19.7. The van der Waals surface area contributed by atoms with Crippen LogP contribution in [0.25, 0.3) is 0 Å². The van der Waals surface area contributed by atoms with E-state index in [1.165, 1.54) is 21.1 Å².